The largest absolute Gasteiger partial charge is 0.484 e. The Hall–Kier alpha value is -1.26. The zero-order valence-corrected chi connectivity index (χ0v) is 12.2. The molecule has 5 heteroatoms. The van der Waals surface area contributed by atoms with Crippen LogP contribution in [0, 0.1) is 6.92 Å². The molecule has 1 aromatic rings. The van der Waals surface area contributed by atoms with Gasteiger partial charge in [-0.2, -0.15) is 0 Å². The number of aryl methyl sites for hydroxylation is 1. The first-order chi connectivity index (χ1) is 9.13. The number of benzene rings is 1. The highest BCUT2D eigenvalue weighted by atomic mass is 35.5. The fraction of sp³-hybridized carbons (Fsp3) is 0.500. The molecule has 0 aliphatic heterocycles. The molecule has 4 nitrogen and oxygen atoms in total. The Kier molecular flexibility index (Phi) is 7.30. The van der Waals surface area contributed by atoms with Crippen LogP contribution in [0.1, 0.15) is 18.9 Å². The van der Waals surface area contributed by atoms with E-state index in [0.29, 0.717) is 17.3 Å². The molecule has 0 saturated carbocycles. The Bertz CT molecular complexity index is 410. The SMILES string of the molecule is CCCNCCNC(=O)COc1ccc(Cl)c(C)c1. The molecular weight excluding hydrogens is 264 g/mol. The third kappa shape index (κ3) is 6.45. The van der Waals surface area contributed by atoms with Gasteiger partial charge < -0.3 is 15.4 Å². The lowest BCUT2D eigenvalue weighted by Gasteiger charge is -2.09. The summed E-state index contributed by atoms with van der Waals surface area (Å²) in [6, 6.07) is 5.34. The van der Waals surface area contributed by atoms with E-state index in [1.165, 1.54) is 0 Å². The van der Waals surface area contributed by atoms with Crippen LogP contribution in [0.15, 0.2) is 18.2 Å². The minimum Gasteiger partial charge on any atom is -0.484 e. The second kappa shape index (κ2) is 8.77. The summed E-state index contributed by atoms with van der Waals surface area (Å²) in [5.41, 5.74) is 0.934. The molecule has 0 saturated heterocycles. The Balaban J connectivity index is 2.20. The predicted molar refractivity (Wildman–Crippen MR) is 77.9 cm³/mol. The number of nitrogens with one attached hydrogen (secondary N) is 2. The lowest BCUT2D eigenvalue weighted by Crippen LogP contribution is -2.35. The third-order valence-corrected chi connectivity index (χ3v) is 2.97. The van der Waals surface area contributed by atoms with Gasteiger partial charge in [-0.25, -0.2) is 0 Å². The summed E-state index contributed by atoms with van der Waals surface area (Å²) >= 11 is 5.91. The van der Waals surface area contributed by atoms with Gasteiger partial charge in [0.15, 0.2) is 6.61 Å². The maximum absolute atomic E-state index is 11.5. The van der Waals surface area contributed by atoms with Crippen LogP contribution < -0.4 is 15.4 Å². The molecule has 2 N–H and O–H groups in total. The van der Waals surface area contributed by atoms with Gasteiger partial charge in [-0.05, 0) is 43.7 Å². The number of ether oxygens (including phenoxy) is 1. The highest BCUT2D eigenvalue weighted by Crippen LogP contribution is 2.20. The van der Waals surface area contributed by atoms with E-state index < -0.39 is 0 Å². The van der Waals surface area contributed by atoms with Crippen molar-refractivity contribution in [3.8, 4) is 5.75 Å². The molecule has 1 amide bonds. The number of rotatable bonds is 8. The molecule has 0 aromatic heterocycles. The van der Waals surface area contributed by atoms with E-state index in [1.54, 1.807) is 12.1 Å². The topological polar surface area (TPSA) is 50.4 Å². The van der Waals surface area contributed by atoms with Gasteiger partial charge in [-0.15, -0.1) is 0 Å². The molecule has 0 unspecified atom stereocenters. The summed E-state index contributed by atoms with van der Waals surface area (Å²) < 4.78 is 5.39. The van der Waals surface area contributed by atoms with Gasteiger partial charge in [0.2, 0.25) is 0 Å². The average molecular weight is 285 g/mol. The van der Waals surface area contributed by atoms with Gasteiger partial charge in [0.1, 0.15) is 5.75 Å². The van der Waals surface area contributed by atoms with Gasteiger partial charge in [-0.3, -0.25) is 4.79 Å². The second-order valence-corrected chi connectivity index (χ2v) is 4.71. The van der Waals surface area contributed by atoms with Crippen molar-refractivity contribution in [1.29, 1.82) is 0 Å². The van der Waals surface area contributed by atoms with Crippen LogP contribution >= 0.6 is 11.6 Å². The Morgan fingerprint density at radius 2 is 2.11 bits per heavy atom. The number of hydrogen-bond donors (Lipinski definition) is 2. The first kappa shape index (κ1) is 15.8. The maximum Gasteiger partial charge on any atom is 0.257 e. The van der Waals surface area contributed by atoms with E-state index in [4.69, 9.17) is 16.3 Å². The standard InChI is InChI=1S/C14H21ClN2O2/c1-3-6-16-7-8-17-14(18)10-19-12-4-5-13(15)11(2)9-12/h4-5,9,16H,3,6-8,10H2,1-2H3,(H,17,18). The number of hydrogen-bond acceptors (Lipinski definition) is 3. The fourth-order valence-electron chi connectivity index (χ4n) is 1.50. The van der Waals surface area contributed by atoms with E-state index in [0.717, 1.165) is 25.1 Å². The normalized spacial score (nSPS) is 10.3. The van der Waals surface area contributed by atoms with Gasteiger partial charge in [0.05, 0.1) is 0 Å². The number of carbonyl (C=O) groups is 1. The minimum atomic E-state index is -0.120. The third-order valence-electron chi connectivity index (χ3n) is 2.55. The predicted octanol–water partition coefficient (Wildman–Crippen LogP) is 2.14. The van der Waals surface area contributed by atoms with Crippen LogP contribution in [0.4, 0.5) is 0 Å². The number of halogens is 1. The summed E-state index contributed by atoms with van der Waals surface area (Å²) in [5, 5.41) is 6.69. The smallest absolute Gasteiger partial charge is 0.257 e. The summed E-state index contributed by atoms with van der Waals surface area (Å²) in [6.45, 7) is 6.38. The second-order valence-electron chi connectivity index (χ2n) is 4.30. The van der Waals surface area contributed by atoms with E-state index in [-0.39, 0.29) is 12.5 Å². The quantitative estimate of drug-likeness (QED) is 0.719. The monoisotopic (exact) mass is 284 g/mol. The Labute approximate surface area is 119 Å². The van der Waals surface area contributed by atoms with Crippen LogP contribution in [-0.4, -0.2) is 32.1 Å². The van der Waals surface area contributed by atoms with E-state index in [9.17, 15) is 4.79 Å². The highest BCUT2D eigenvalue weighted by Gasteiger charge is 2.03. The van der Waals surface area contributed by atoms with E-state index in [1.807, 2.05) is 13.0 Å². The first-order valence-corrected chi connectivity index (χ1v) is 6.87. The fourth-order valence-corrected chi connectivity index (χ4v) is 1.62. The molecule has 19 heavy (non-hydrogen) atoms. The van der Waals surface area contributed by atoms with Gasteiger partial charge in [0.25, 0.3) is 5.91 Å². The summed E-state index contributed by atoms with van der Waals surface area (Å²) in [7, 11) is 0. The van der Waals surface area contributed by atoms with Crippen LogP contribution in [0.25, 0.3) is 0 Å². The van der Waals surface area contributed by atoms with Crippen molar-refractivity contribution in [1.82, 2.24) is 10.6 Å². The molecule has 1 rings (SSSR count). The lowest BCUT2D eigenvalue weighted by molar-refractivity contribution is -0.123. The van der Waals surface area contributed by atoms with Crippen molar-refractivity contribution >= 4 is 17.5 Å². The van der Waals surface area contributed by atoms with Crippen LogP contribution in [0.2, 0.25) is 5.02 Å². The zero-order valence-electron chi connectivity index (χ0n) is 11.5. The Morgan fingerprint density at radius 1 is 1.32 bits per heavy atom. The molecule has 0 fully saturated rings. The molecule has 0 aliphatic carbocycles. The molecule has 0 heterocycles. The number of carbonyl (C=O) groups excluding carboxylic acids is 1. The molecule has 0 radical (unpaired) electrons. The van der Waals surface area contributed by atoms with Crippen molar-refractivity contribution in [3.63, 3.8) is 0 Å². The van der Waals surface area contributed by atoms with Crippen molar-refractivity contribution in [2.75, 3.05) is 26.2 Å². The van der Waals surface area contributed by atoms with Crippen LogP contribution in [-0.2, 0) is 4.79 Å². The number of amides is 1. The van der Waals surface area contributed by atoms with Crippen molar-refractivity contribution in [2.45, 2.75) is 20.3 Å². The summed E-state index contributed by atoms with van der Waals surface area (Å²) in [4.78, 5) is 11.5. The van der Waals surface area contributed by atoms with E-state index in [2.05, 4.69) is 17.6 Å². The van der Waals surface area contributed by atoms with Crippen LogP contribution in [0.3, 0.4) is 0 Å². The van der Waals surface area contributed by atoms with Crippen molar-refractivity contribution in [2.24, 2.45) is 0 Å². The maximum atomic E-state index is 11.5. The van der Waals surface area contributed by atoms with Crippen molar-refractivity contribution in [3.05, 3.63) is 28.8 Å². The highest BCUT2D eigenvalue weighted by molar-refractivity contribution is 6.31. The molecule has 0 atom stereocenters. The summed E-state index contributed by atoms with van der Waals surface area (Å²) in [6.07, 6.45) is 1.09. The van der Waals surface area contributed by atoms with Gasteiger partial charge in [-0.1, -0.05) is 18.5 Å². The molecule has 1 aromatic carbocycles. The Morgan fingerprint density at radius 3 is 2.79 bits per heavy atom. The van der Waals surface area contributed by atoms with Gasteiger partial charge in [0, 0.05) is 18.1 Å². The summed E-state index contributed by atoms with van der Waals surface area (Å²) in [5.74, 6) is 0.534. The minimum absolute atomic E-state index is 0.0227. The molecule has 0 bridgehead atoms. The van der Waals surface area contributed by atoms with E-state index >= 15 is 0 Å². The van der Waals surface area contributed by atoms with Crippen LogP contribution in [0.5, 0.6) is 5.75 Å². The molecular formula is C14H21ClN2O2. The molecule has 106 valence electrons. The zero-order chi connectivity index (χ0) is 14.1. The average Bonchev–Trinajstić information content (AvgIpc) is 2.40. The lowest BCUT2D eigenvalue weighted by atomic mass is 10.2. The van der Waals surface area contributed by atoms with Gasteiger partial charge >= 0.3 is 0 Å². The van der Waals surface area contributed by atoms with Crippen molar-refractivity contribution < 1.29 is 9.53 Å². The molecule has 0 aliphatic rings. The molecule has 0 spiro atoms. The first-order valence-electron chi connectivity index (χ1n) is 6.50.